The highest BCUT2D eigenvalue weighted by Gasteiger charge is 2.46. The largest absolute Gasteiger partial charge is 0.348 e. The molecule has 2 N–H and O–H groups in total. The van der Waals surface area contributed by atoms with Gasteiger partial charge in [-0.1, -0.05) is 0 Å². The molecule has 0 unspecified atom stereocenters. The first-order chi connectivity index (χ1) is 6.42. The summed E-state index contributed by atoms with van der Waals surface area (Å²) in [4.78, 5) is 9.02. The minimum Gasteiger partial charge on any atom is -0.348 e. The number of nitrogens with one attached hydrogen (secondary N) is 2. The van der Waals surface area contributed by atoms with Gasteiger partial charge in [0, 0.05) is 18.5 Å². The zero-order valence-electron chi connectivity index (χ0n) is 7.33. The van der Waals surface area contributed by atoms with Crippen molar-refractivity contribution < 1.29 is 0 Å². The third-order valence-corrected chi connectivity index (χ3v) is 3.06. The standard InChI is InChI=1S/C9H12N4/c1-3-11-8-5-10-4-2-9(8)7(1)12-6-13-9/h1,3,6,8,10H,2,4-5H2,(H,12,13)/t8-,9-/m0/s1. The molecule has 3 aliphatic rings. The number of nitrogens with zero attached hydrogens (tertiary/aromatic N) is 2. The molecule has 3 rings (SSSR count). The van der Waals surface area contributed by atoms with Crippen LogP contribution in [-0.2, 0) is 0 Å². The molecular weight excluding hydrogens is 164 g/mol. The SMILES string of the molecule is C1=N[C@H]2CNCC[C@@]23N=CNC3=C1. The topological polar surface area (TPSA) is 48.8 Å². The summed E-state index contributed by atoms with van der Waals surface area (Å²) in [5.74, 6) is 0. The average Bonchev–Trinajstić information content (AvgIpc) is 2.58. The smallest absolute Gasteiger partial charge is 0.127 e. The van der Waals surface area contributed by atoms with Crippen LogP contribution in [0.3, 0.4) is 0 Å². The molecule has 0 aromatic carbocycles. The van der Waals surface area contributed by atoms with Crippen LogP contribution >= 0.6 is 0 Å². The number of piperidine rings is 1. The van der Waals surface area contributed by atoms with Crippen LogP contribution in [0, 0.1) is 0 Å². The number of hydrogen-bond acceptors (Lipinski definition) is 4. The van der Waals surface area contributed by atoms with Crippen molar-refractivity contribution in [2.45, 2.75) is 18.0 Å². The van der Waals surface area contributed by atoms with Crippen LogP contribution < -0.4 is 10.6 Å². The number of rotatable bonds is 0. The summed E-state index contributed by atoms with van der Waals surface area (Å²) in [5.41, 5.74) is 1.16. The lowest BCUT2D eigenvalue weighted by Crippen LogP contribution is -2.54. The normalized spacial score (nSPS) is 40.6. The van der Waals surface area contributed by atoms with Crippen molar-refractivity contribution in [3.63, 3.8) is 0 Å². The van der Waals surface area contributed by atoms with Gasteiger partial charge in [-0.3, -0.25) is 9.98 Å². The van der Waals surface area contributed by atoms with E-state index < -0.39 is 0 Å². The molecule has 13 heavy (non-hydrogen) atoms. The molecule has 3 aliphatic heterocycles. The second-order valence-electron chi connectivity index (χ2n) is 3.68. The molecule has 0 bridgehead atoms. The summed E-state index contributed by atoms with van der Waals surface area (Å²) in [5, 5.41) is 6.55. The van der Waals surface area contributed by atoms with Gasteiger partial charge in [0.1, 0.15) is 5.54 Å². The van der Waals surface area contributed by atoms with E-state index in [1.54, 1.807) is 6.34 Å². The molecule has 0 aromatic heterocycles. The Morgan fingerprint density at radius 1 is 1.54 bits per heavy atom. The number of hydrogen-bond donors (Lipinski definition) is 2. The van der Waals surface area contributed by atoms with Crippen LogP contribution in [0.5, 0.6) is 0 Å². The van der Waals surface area contributed by atoms with Gasteiger partial charge in [-0.25, -0.2) is 0 Å². The average molecular weight is 176 g/mol. The lowest BCUT2D eigenvalue weighted by atomic mass is 9.81. The van der Waals surface area contributed by atoms with Gasteiger partial charge in [0.15, 0.2) is 0 Å². The lowest BCUT2D eigenvalue weighted by molar-refractivity contribution is 0.315. The first-order valence-corrected chi connectivity index (χ1v) is 4.67. The highest BCUT2D eigenvalue weighted by molar-refractivity contribution is 5.79. The first-order valence-electron chi connectivity index (χ1n) is 4.67. The van der Waals surface area contributed by atoms with E-state index in [1.165, 1.54) is 5.70 Å². The monoisotopic (exact) mass is 176 g/mol. The zero-order valence-corrected chi connectivity index (χ0v) is 7.33. The molecule has 4 nitrogen and oxygen atoms in total. The molecule has 1 spiro atoms. The summed E-state index contributed by atoms with van der Waals surface area (Å²) in [6, 6.07) is 0.285. The summed E-state index contributed by atoms with van der Waals surface area (Å²) in [7, 11) is 0. The fourth-order valence-corrected chi connectivity index (χ4v) is 2.32. The van der Waals surface area contributed by atoms with Gasteiger partial charge in [-0.15, -0.1) is 0 Å². The lowest BCUT2D eigenvalue weighted by Gasteiger charge is -2.39. The molecule has 0 saturated carbocycles. The van der Waals surface area contributed by atoms with Crippen molar-refractivity contribution in [2.24, 2.45) is 9.98 Å². The molecule has 68 valence electrons. The Kier molecular flexibility index (Phi) is 1.35. The van der Waals surface area contributed by atoms with Gasteiger partial charge in [0.25, 0.3) is 0 Å². The molecule has 3 heterocycles. The van der Waals surface area contributed by atoms with Crippen LogP contribution in [-0.4, -0.2) is 37.2 Å². The highest BCUT2D eigenvalue weighted by atomic mass is 15.2. The van der Waals surface area contributed by atoms with E-state index in [0.717, 1.165) is 19.5 Å². The van der Waals surface area contributed by atoms with Crippen molar-refractivity contribution in [3.8, 4) is 0 Å². The number of aliphatic imine (C=N–C) groups is 2. The highest BCUT2D eigenvalue weighted by Crippen LogP contribution is 2.35. The van der Waals surface area contributed by atoms with E-state index >= 15 is 0 Å². The van der Waals surface area contributed by atoms with E-state index in [0.29, 0.717) is 0 Å². The molecule has 0 amide bonds. The Hall–Kier alpha value is -1.16. The second kappa shape index (κ2) is 2.42. The molecular formula is C9H12N4. The van der Waals surface area contributed by atoms with Crippen molar-refractivity contribution in [1.29, 1.82) is 0 Å². The van der Waals surface area contributed by atoms with Crippen molar-refractivity contribution >= 4 is 12.6 Å². The van der Waals surface area contributed by atoms with Crippen molar-refractivity contribution in [3.05, 3.63) is 11.8 Å². The molecule has 0 aliphatic carbocycles. The zero-order chi connectivity index (χ0) is 8.73. The van der Waals surface area contributed by atoms with Crippen LogP contribution in [0.15, 0.2) is 21.8 Å². The molecule has 0 aromatic rings. The van der Waals surface area contributed by atoms with Crippen LogP contribution in [0.4, 0.5) is 0 Å². The minimum absolute atomic E-state index is 0.0556. The first kappa shape index (κ1) is 7.26. The van der Waals surface area contributed by atoms with Gasteiger partial charge in [-0.05, 0) is 19.0 Å². The van der Waals surface area contributed by atoms with Crippen molar-refractivity contribution in [2.75, 3.05) is 13.1 Å². The Bertz CT molecular complexity index is 318. The quantitative estimate of drug-likeness (QED) is 0.532. The summed E-state index contributed by atoms with van der Waals surface area (Å²) in [6.45, 7) is 1.97. The molecule has 0 radical (unpaired) electrons. The van der Waals surface area contributed by atoms with Crippen LogP contribution in [0.25, 0.3) is 0 Å². The Balaban J connectivity index is 2.06. The number of dihydropyridines is 1. The van der Waals surface area contributed by atoms with Crippen molar-refractivity contribution in [1.82, 2.24) is 10.6 Å². The van der Waals surface area contributed by atoms with E-state index in [1.807, 2.05) is 12.3 Å². The van der Waals surface area contributed by atoms with Gasteiger partial charge in [0.2, 0.25) is 0 Å². The van der Waals surface area contributed by atoms with Gasteiger partial charge < -0.3 is 10.6 Å². The summed E-state index contributed by atoms with van der Waals surface area (Å²) >= 11 is 0. The maximum Gasteiger partial charge on any atom is 0.127 e. The molecule has 2 atom stereocenters. The van der Waals surface area contributed by atoms with Crippen LogP contribution in [0.1, 0.15) is 6.42 Å². The summed E-state index contributed by atoms with van der Waals surface area (Å²) < 4.78 is 0. The Morgan fingerprint density at radius 3 is 3.54 bits per heavy atom. The Labute approximate surface area is 76.8 Å². The minimum atomic E-state index is -0.0556. The number of allylic oxidation sites excluding steroid dienone is 1. The predicted octanol–water partition coefficient (Wildman–Crippen LogP) is -0.313. The van der Waals surface area contributed by atoms with Gasteiger partial charge in [0.05, 0.1) is 12.4 Å². The molecule has 1 saturated heterocycles. The fraction of sp³-hybridized carbons (Fsp3) is 0.556. The van der Waals surface area contributed by atoms with E-state index in [9.17, 15) is 0 Å². The third kappa shape index (κ3) is 0.836. The predicted molar refractivity (Wildman–Crippen MR) is 52.2 cm³/mol. The van der Waals surface area contributed by atoms with E-state index in [-0.39, 0.29) is 11.6 Å². The Morgan fingerprint density at radius 2 is 2.54 bits per heavy atom. The third-order valence-electron chi connectivity index (χ3n) is 3.06. The fourth-order valence-electron chi connectivity index (χ4n) is 2.32. The van der Waals surface area contributed by atoms with Crippen LogP contribution in [0.2, 0.25) is 0 Å². The van der Waals surface area contributed by atoms with E-state index in [2.05, 4.69) is 20.6 Å². The maximum absolute atomic E-state index is 4.55. The summed E-state index contributed by atoms with van der Waals surface area (Å²) in [6.07, 6.45) is 6.77. The molecule has 1 fully saturated rings. The van der Waals surface area contributed by atoms with Gasteiger partial charge >= 0.3 is 0 Å². The maximum atomic E-state index is 4.55. The van der Waals surface area contributed by atoms with E-state index in [4.69, 9.17) is 0 Å². The molecule has 4 heteroatoms. The second-order valence-corrected chi connectivity index (χ2v) is 3.68. The van der Waals surface area contributed by atoms with Gasteiger partial charge in [-0.2, -0.15) is 0 Å².